The molecule has 2 aromatic carbocycles. The summed E-state index contributed by atoms with van der Waals surface area (Å²) < 4.78 is 10.6. The molecule has 1 N–H and O–H groups in total. The Kier molecular flexibility index (Phi) is 7.19. The molecule has 3 aromatic rings. The molecule has 1 aliphatic heterocycles. The van der Waals surface area contributed by atoms with Crippen LogP contribution in [0.25, 0.3) is 0 Å². The Bertz CT molecular complexity index is 986. The van der Waals surface area contributed by atoms with Gasteiger partial charge >= 0.3 is 0 Å². The number of rotatable bonds is 8. The Morgan fingerprint density at radius 1 is 0.938 bits per heavy atom. The molecule has 0 atom stereocenters. The second-order valence-electron chi connectivity index (χ2n) is 7.66. The number of piperazine rings is 1. The maximum Gasteiger partial charge on any atom is 0.262 e. The van der Waals surface area contributed by atoms with E-state index in [1.54, 1.807) is 31.4 Å². The highest BCUT2D eigenvalue weighted by atomic mass is 16.5. The molecular weight excluding hydrogens is 404 g/mol. The lowest BCUT2D eigenvalue weighted by atomic mass is 10.1. The van der Waals surface area contributed by atoms with Crippen molar-refractivity contribution < 1.29 is 14.3 Å². The third kappa shape index (κ3) is 5.98. The number of nitrogens with zero attached hydrogens (tertiary/aromatic N) is 3. The predicted molar refractivity (Wildman–Crippen MR) is 125 cm³/mol. The number of amides is 1. The van der Waals surface area contributed by atoms with Crippen LogP contribution in [0.15, 0.2) is 72.9 Å². The molecule has 1 saturated heterocycles. The van der Waals surface area contributed by atoms with Gasteiger partial charge in [0.1, 0.15) is 17.3 Å². The molecule has 166 valence electrons. The van der Waals surface area contributed by atoms with E-state index in [4.69, 9.17) is 9.47 Å². The van der Waals surface area contributed by atoms with Crippen LogP contribution in [-0.4, -0.2) is 55.7 Å². The van der Waals surface area contributed by atoms with Gasteiger partial charge in [0.05, 0.1) is 7.11 Å². The first-order valence-electron chi connectivity index (χ1n) is 10.7. The molecule has 0 bridgehead atoms. The summed E-state index contributed by atoms with van der Waals surface area (Å²) in [4.78, 5) is 21.4. The van der Waals surface area contributed by atoms with E-state index in [9.17, 15) is 4.79 Å². The minimum atomic E-state index is -0.195. The van der Waals surface area contributed by atoms with E-state index in [2.05, 4.69) is 38.3 Å². The number of carbonyl (C=O) groups excluding carboxylic acids is 1. The number of hydrogen-bond acceptors (Lipinski definition) is 6. The van der Waals surface area contributed by atoms with E-state index in [0.717, 1.165) is 50.0 Å². The van der Waals surface area contributed by atoms with E-state index in [1.807, 2.05) is 30.5 Å². The summed E-state index contributed by atoms with van der Waals surface area (Å²) >= 11 is 0. The van der Waals surface area contributed by atoms with Crippen molar-refractivity contribution in [2.75, 3.05) is 50.1 Å². The van der Waals surface area contributed by atoms with Crippen molar-refractivity contribution in [1.29, 1.82) is 0 Å². The lowest BCUT2D eigenvalue weighted by Gasteiger charge is -2.35. The van der Waals surface area contributed by atoms with Crippen LogP contribution in [0.5, 0.6) is 11.5 Å². The van der Waals surface area contributed by atoms with Gasteiger partial charge in [0.2, 0.25) is 0 Å². The first-order chi connectivity index (χ1) is 15.7. The fraction of sp³-hybridized carbons (Fsp3) is 0.280. The molecule has 1 fully saturated rings. The highest BCUT2D eigenvalue weighted by Crippen LogP contribution is 2.18. The van der Waals surface area contributed by atoms with Crippen molar-refractivity contribution in [2.45, 2.75) is 6.54 Å². The number of benzene rings is 2. The van der Waals surface area contributed by atoms with Crippen LogP contribution in [0, 0.1) is 0 Å². The van der Waals surface area contributed by atoms with Crippen molar-refractivity contribution >= 4 is 17.4 Å². The Hall–Kier alpha value is -3.58. The standard InChI is InChI=1S/C25H28N4O3/c1-31-22-9-11-23(12-10-22)32-19-25(30)27-21-7-5-20(6-8-21)18-28-14-16-29(17-15-28)24-4-2-3-13-26-24/h2-13H,14-19H2,1H3,(H,27,30). The first-order valence-corrected chi connectivity index (χ1v) is 10.7. The molecule has 1 amide bonds. The van der Waals surface area contributed by atoms with Crippen LogP contribution < -0.4 is 19.7 Å². The normalized spacial score (nSPS) is 14.1. The average Bonchev–Trinajstić information content (AvgIpc) is 2.85. The second-order valence-corrected chi connectivity index (χ2v) is 7.66. The summed E-state index contributed by atoms with van der Waals surface area (Å²) in [5, 5.41) is 2.87. The Labute approximate surface area is 188 Å². The molecule has 1 aromatic heterocycles. The summed E-state index contributed by atoms with van der Waals surface area (Å²) in [6, 6.07) is 21.2. The largest absolute Gasteiger partial charge is 0.497 e. The van der Waals surface area contributed by atoms with Crippen molar-refractivity contribution in [1.82, 2.24) is 9.88 Å². The zero-order chi connectivity index (χ0) is 22.2. The molecule has 4 rings (SSSR count). The van der Waals surface area contributed by atoms with Crippen molar-refractivity contribution in [3.63, 3.8) is 0 Å². The van der Waals surface area contributed by atoms with Gasteiger partial charge in [-0.15, -0.1) is 0 Å². The lowest BCUT2D eigenvalue weighted by Crippen LogP contribution is -2.46. The van der Waals surface area contributed by atoms with Gasteiger partial charge < -0.3 is 19.7 Å². The van der Waals surface area contributed by atoms with E-state index in [-0.39, 0.29) is 12.5 Å². The van der Waals surface area contributed by atoms with Crippen molar-refractivity contribution in [3.8, 4) is 11.5 Å². The SMILES string of the molecule is COc1ccc(OCC(=O)Nc2ccc(CN3CCN(c4ccccn4)CC3)cc2)cc1. The summed E-state index contributed by atoms with van der Waals surface area (Å²) in [7, 11) is 1.61. The summed E-state index contributed by atoms with van der Waals surface area (Å²) in [6.07, 6.45) is 1.84. The zero-order valence-electron chi connectivity index (χ0n) is 18.2. The Morgan fingerprint density at radius 3 is 2.31 bits per heavy atom. The Morgan fingerprint density at radius 2 is 1.66 bits per heavy atom. The van der Waals surface area contributed by atoms with Gasteiger partial charge in [-0.1, -0.05) is 18.2 Å². The van der Waals surface area contributed by atoms with Gasteiger partial charge in [-0.3, -0.25) is 9.69 Å². The molecule has 0 radical (unpaired) electrons. The summed E-state index contributed by atoms with van der Waals surface area (Å²) in [5.41, 5.74) is 1.99. The van der Waals surface area contributed by atoms with Gasteiger partial charge in [0, 0.05) is 44.6 Å². The highest BCUT2D eigenvalue weighted by molar-refractivity contribution is 5.91. The molecule has 7 heteroatoms. The first kappa shape index (κ1) is 21.6. The minimum Gasteiger partial charge on any atom is -0.497 e. The number of carbonyl (C=O) groups is 1. The van der Waals surface area contributed by atoms with Crippen molar-refractivity contribution in [3.05, 3.63) is 78.5 Å². The number of ether oxygens (including phenoxy) is 2. The van der Waals surface area contributed by atoms with Crippen LogP contribution in [0.2, 0.25) is 0 Å². The van der Waals surface area contributed by atoms with E-state index in [0.29, 0.717) is 5.75 Å². The van der Waals surface area contributed by atoms with Gasteiger partial charge in [-0.05, 0) is 54.1 Å². The molecule has 7 nitrogen and oxygen atoms in total. The monoisotopic (exact) mass is 432 g/mol. The third-order valence-electron chi connectivity index (χ3n) is 5.42. The van der Waals surface area contributed by atoms with E-state index < -0.39 is 0 Å². The third-order valence-corrected chi connectivity index (χ3v) is 5.42. The minimum absolute atomic E-state index is 0.0470. The number of nitrogens with one attached hydrogen (secondary N) is 1. The van der Waals surface area contributed by atoms with Crippen LogP contribution in [0.4, 0.5) is 11.5 Å². The highest BCUT2D eigenvalue weighted by Gasteiger charge is 2.17. The van der Waals surface area contributed by atoms with Crippen molar-refractivity contribution in [2.24, 2.45) is 0 Å². The second kappa shape index (κ2) is 10.6. The molecule has 0 aliphatic carbocycles. The lowest BCUT2D eigenvalue weighted by molar-refractivity contribution is -0.118. The van der Waals surface area contributed by atoms with Gasteiger partial charge in [-0.2, -0.15) is 0 Å². The van der Waals surface area contributed by atoms with Gasteiger partial charge in [0.25, 0.3) is 5.91 Å². The molecule has 0 spiro atoms. The average molecular weight is 433 g/mol. The number of anilines is 2. The fourth-order valence-electron chi connectivity index (χ4n) is 3.65. The maximum atomic E-state index is 12.2. The van der Waals surface area contributed by atoms with Crippen LogP contribution in [-0.2, 0) is 11.3 Å². The van der Waals surface area contributed by atoms with Gasteiger partial charge in [0.15, 0.2) is 6.61 Å². The number of pyridine rings is 1. The molecule has 1 aliphatic rings. The van der Waals surface area contributed by atoms with Crippen LogP contribution in [0.1, 0.15) is 5.56 Å². The zero-order valence-corrected chi connectivity index (χ0v) is 18.2. The quantitative estimate of drug-likeness (QED) is 0.588. The molecule has 2 heterocycles. The smallest absolute Gasteiger partial charge is 0.262 e. The van der Waals surface area contributed by atoms with Crippen LogP contribution in [0.3, 0.4) is 0 Å². The molecule has 0 saturated carbocycles. The summed E-state index contributed by atoms with van der Waals surface area (Å²) in [6.45, 7) is 4.79. The Balaban J connectivity index is 1.20. The van der Waals surface area contributed by atoms with E-state index >= 15 is 0 Å². The fourth-order valence-corrected chi connectivity index (χ4v) is 3.65. The van der Waals surface area contributed by atoms with Gasteiger partial charge in [-0.25, -0.2) is 4.98 Å². The number of aromatic nitrogens is 1. The predicted octanol–water partition coefficient (Wildman–Crippen LogP) is 3.43. The molecular formula is C25H28N4O3. The van der Waals surface area contributed by atoms with Crippen LogP contribution >= 0.6 is 0 Å². The van der Waals surface area contributed by atoms with E-state index in [1.165, 1.54) is 5.56 Å². The summed E-state index contributed by atoms with van der Waals surface area (Å²) in [5.74, 6) is 2.22. The topological polar surface area (TPSA) is 66.9 Å². The molecule has 0 unspecified atom stereocenters. The molecule has 32 heavy (non-hydrogen) atoms. The number of hydrogen-bond donors (Lipinski definition) is 1. The number of methoxy groups -OCH3 is 1. The maximum absolute atomic E-state index is 12.2.